The van der Waals surface area contributed by atoms with Gasteiger partial charge < -0.3 is 10.1 Å². The Balaban J connectivity index is 1.83. The molecule has 2 amide bonds. The molecular formula is C25H36Cl3N5O2. The van der Waals surface area contributed by atoms with Crippen LogP contribution in [0.15, 0.2) is 18.2 Å². The number of hydrazine groups is 1. The quantitative estimate of drug-likeness (QED) is 0.113. The Morgan fingerprint density at radius 2 is 1.69 bits per heavy atom. The fraction of sp³-hybridized carbons (Fsp3) is 0.560. The van der Waals surface area contributed by atoms with Gasteiger partial charge in [0.15, 0.2) is 11.0 Å². The molecule has 10 heteroatoms. The van der Waals surface area contributed by atoms with Crippen molar-refractivity contribution >= 4 is 46.7 Å². The molecule has 2 rings (SSSR count). The minimum atomic E-state index is -0.436. The van der Waals surface area contributed by atoms with E-state index < -0.39 is 6.03 Å². The van der Waals surface area contributed by atoms with Gasteiger partial charge in [-0.3, -0.25) is 10.9 Å². The number of halogens is 3. The minimum absolute atomic E-state index is 0.00873. The van der Waals surface area contributed by atoms with E-state index in [1.165, 1.54) is 11.1 Å². The zero-order valence-electron chi connectivity index (χ0n) is 21.3. The van der Waals surface area contributed by atoms with E-state index >= 15 is 0 Å². The number of nitrogens with zero attached hydrogens (tertiary/aromatic N) is 2. The number of carbonyl (C=O) groups excluding carboxylic acids is 1. The summed E-state index contributed by atoms with van der Waals surface area (Å²) in [5.41, 5.74) is 7.73. The summed E-state index contributed by atoms with van der Waals surface area (Å²) >= 11 is 17.6. The molecule has 0 radical (unpaired) electrons. The number of rotatable bonds is 12. The van der Waals surface area contributed by atoms with Crippen molar-refractivity contribution in [2.24, 2.45) is 0 Å². The van der Waals surface area contributed by atoms with Gasteiger partial charge in [0.1, 0.15) is 10.8 Å². The lowest BCUT2D eigenvalue weighted by Crippen LogP contribution is -2.39. The maximum absolute atomic E-state index is 12.0. The third-order valence-corrected chi connectivity index (χ3v) is 7.35. The predicted molar refractivity (Wildman–Crippen MR) is 145 cm³/mol. The van der Waals surface area contributed by atoms with Gasteiger partial charge in [-0.2, -0.15) is 4.98 Å². The minimum Gasteiger partial charge on any atom is -0.493 e. The number of hydrogen-bond donors (Lipinski definition) is 3. The van der Waals surface area contributed by atoms with Crippen LogP contribution in [0, 0.1) is 0 Å². The number of carbonyl (C=O) groups is 1. The van der Waals surface area contributed by atoms with Crippen LogP contribution in [-0.2, 0) is 10.8 Å². The molecule has 0 aliphatic carbocycles. The molecule has 0 saturated heterocycles. The number of ether oxygens (including phenoxy) is 1. The molecule has 1 aromatic carbocycles. The van der Waals surface area contributed by atoms with Crippen LogP contribution in [0.2, 0.25) is 15.5 Å². The second-order valence-corrected chi connectivity index (χ2v) is 10.8. The van der Waals surface area contributed by atoms with Gasteiger partial charge in [-0.1, -0.05) is 76.9 Å². The van der Waals surface area contributed by atoms with Crippen molar-refractivity contribution in [1.82, 2.24) is 20.7 Å². The van der Waals surface area contributed by atoms with Crippen LogP contribution >= 0.6 is 34.8 Å². The summed E-state index contributed by atoms with van der Waals surface area (Å²) in [7, 11) is 0. The first-order valence-electron chi connectivity index (χ1n) is 11.9. The molecule has 0 unspecified atom stereocenters. The molecule has 3 N–H and O–H groups in total. The number of anilines is 1. The van der Waals surface area contributed by atoms with E-state index in [-0.39, 0.29) is 32.1 Å². The number of aromatic nitrogens is 2. The summed E-state index contributed by atoms with van der Waals surface area (Å²) < 4.78 is 6.18. The Bertz CT molecular complexity index is 1010. The van der Waals surface area contributed by atoms with Gasteiger partial charge in [-0.05, 0) is 59.7 Å². The van der Waals surface area contributed by atoms with E-state index in [2.05, 4.69) is 85.9 Å². The standard InChI is InChI=1S/C25H36Cl3N5O2/c1-7-24(3,4)16-11-12-18(17(15-16)25(5,6)8-2)35-14-10-9-13-29-23(34)33-32-21-19(26)20(27)30-22(28)31-21/h11-12,15H,7-10,13-14H2,1-6H3,(H2,29,33,34)(H,30,31,32). The molecule has 1 aromatic heterocycles. The van der Waals surface area contributed by atoms with Crippen LogP contribution in [0.4, 0.5) is 10.6 Å². The highest BCUT2D eigenvalue weighted by atomic mass is 35.5. The monoisotopic (exact) mass is 543 g/mol. The third-order valence-electron chi connectivity index (χ3n) is 6.45. The first kappa shape index (κ1) is 29.3. The third kappa shape index (κ3) is 8.29. The van der Waals surface area contributed by atoms with Crippen molar-refractivity contribution in [3.05, 3.63) is 44.8 Å². The summed E-state index contributed by atoms with van der Waals surface area (Å²) in [4.78, 5) is 19.6. The number of nitrogens with one attached hydrogen (secondary N) is 3. The van der Waals surface area contributed by atoms with Crippen molar-refractivity contribution < 1.29 is 9.53 Å². The molecule has 0 fully saturated rings. The van der Waals surface area contributed by atoms with Gasteiger partial charge in [-0.15, -0.1) is 0 Å². The summed E-state index contributed by atoms with van der Waals surface area (Å²) in [5, 5.41) is 2.72. The van der Waals surface area contributed by atoms with E-state index in [0.717, 1.165) is 31.4 Å². The first-order chi connectivity index (χ1) is 16.4. The van der Waals surface area contributed by atoms with E-state index in [0.29, 0.717) is 13.2 Å². The molecular weight excluding hydrogens is 509 g/mol. The lowest BCUT2D eigenvalue weighted by atomic mass is 9.76. The highest BCUT2D eigenvalue weighted by Gasteiger charge is 2.26. The lowest BCUT2D eigenvalue weighted by molar-refractivity contribution is 0.241. The molecule has 0 bridgehead atoms. The Labute approximate surface area is 223 Å². The van der Waals surface area contributed by atoms with E-state index in [9.17, 15) is 4.79 Å². The second-order valence-electron chi connectivity index (χ2n) is 9.69. The average molecular weight is 545 g/mol. The van der Waals surface area contributed by atoms with E-state index in [1.54, 1.807) is 0 Å². The molecule has 35 heavy (non-hydrogen) atoms. The maximum Gasteiger partial charge on any atom is 0.333 e. The molecule has 0 spiro atoms. The van der Waals surface area contributed by atoms with Gasteiger partial charge in [0.25, 0.3) is 0 Å². The Hall–Kier alpha value is -1.96. The maximum atomic E-state index is 12.0. The van der Waals surface area contributed by atoms with Crippen molar-refractivity contribution in [3.63, 3.8) is 0 Å². The molecule has 1 heterocycles. The average Bonchev–Trinajstić information content (AvgIpc) is 2.82. The summed E-state index contributed by atoms with van der Waals surface area (Å²) in [6, 6.07) is 6.16. The molecule has 2 aromatic rings. The van der Waals surface area contributed by atoms with Crippen LogP contribution in [0.25, 0.3) is 0 Å². The van der Waals surface area contributed by atoms with Gasteiger partial charge >= 0.3 is 6.03 Å². The SMILES string of the molecule is CCC(C)(C)c1ccc(OCCCCNC(=O)NNc2nc(Cl)nc(Cl)c2Cl)c(C(C)(C)CC)c1. The van der Waals surface area contributed by atoms with Gasteiger partial charge in [0, 0.05) is 12.1 Å². The fourth-order valence-corrected chi connectivity index (χ4v) is 3.76. The Morgan fingerprint density at radius 3 is 2.34 bits per heavy atom. The van der Waals surface area contributed by atoms with Crippen molar-refractivity contribution in [1.29, 1.82) is 0 Å². The summed E-state index contributed by atoms with van der Waals surface area (Å²) in [6.45, 7) is 14.5. The zero-order chi connectivity index (χ0) is 26.2. The Morgan fingerprint density at radius 1 is 1.00 bits per heavy atom. The van der Waals surface area contributed by atoms with Crippen LogP contribution < -0.4 is 20.9 Å². The predicted octanol–water partition coefficient (Wildman–Crippen LogP) is 7.30. The zero-order valence-corrected chi connectivity index (χ0v) is 23.6. The fourth-order valence-electron chi connectivity index (χ4n) is 3.25. The van der Waals surface area contributed by atoms with Crippen LogP contribution in [-0.4, -0.2) is 29.2 Å². The van der Waals surface area contributed by atoms with Crippen molar-refractivity contribution in [2.75, 3.05) is 18.6 Å². The number of amides is 2. The van der Waals surface area contributed by atoms with Crippen LogP contribution in [0.1, 0.15) is 78.4 Å². The highest BCUT2D eigenvalue weighted by Crippen LogP contribution is 2.38. The molecule has 0 atom stereocenters. The first-order valence-corrected chi connectivity index (χ1v) is 13.0. The summed E-state index contributed by atoms with van der Waals surface area (Å²) in [6.07, 6.45) is 3.64. The molecule has 7 nitrogen and oxygen atoms in total. The normalized spacial score (nSPS) is 11.8. The smallest absolute Gasteiger partial charge is 0.333 e. The van der Waals surface area contributed by atoms with Gasteiger partial charge in [0.05, 0.1) is 6.61 Å². The van der Waals surface area contributed by atoms with Crippen LogP contribution in [0.3, 0.4) is 0 Å². The number of unbranched alkanes of at least 4 members (excludes halogenated alkanes) is 1. The molecule has 0 aliphatic rings. The summed E-state index contributed by atoms with van der Waals surface area (Å²) in [5.74, 6) is 1.04. The molecule has 0 aliphatic heterocycles. The number of hydrogen-bond acceptors (Lipinski definition) is 5. The van der Waals surface area contributed by atoms with Gasteiger partial charge in [0.2, 0.25) is 5.28 Å². The topological polar surface area (TPSA) is 88.2 Å². The Kier molecular flexibility index (Phi) is 10.7. The van der Waals surface area contributed by atoms with E-state index in [1.807, 2.05) is 0 Å². The van der Waals surface area contributed by atoms with Gasteiger partial charge in [-0.25, -0.2) is 9.78 Å². The number of benzene rings is 1. The molecule has 194 valence electrons. The molecule has 0 saturated carbocycles. The lowest BCUT2D eigenvalue weighted by Gasteiger charge is -2.30. The van der Waals surface area contributed by atoms with E-state index in [4.69, 9.17) is 39.5 Å². The van der Waals surface area contributed by atoms with Crippen LogP contribution in [0.5, 0.6) is 5.75 Å². The second kappa shape index (κ2) is 12.8. The largest absolute Gasteiger partial charge is 0.493 e. The van der Waals surface area contributed by atoms with Crippen molar-refractivity contribution in [2.45, 2.75) is 78.1 Å². The van der Waals surface area contributed by atoms with Crippen molar-refractivity contribution in [3.8, 4) is 5.75 Å². The highest BCUT2D eigenvalue weighted by molar-refractivity contribution is 6.43. The number of urea groups is 1.